The van der Waals surface area contributed by atoms with Crippen LogP contribution in [0.4, 0.5) is 0 Å². The Morgan fingerprint density at radius 1 is 1.24 bits per heavy atom. The molecule has 2 rings (SSSR count). The zero-order valence-corrected chi connectivity index (χ0v) is 11.0. The number of hydrazine groups is 1. The van der Waals surface area contributed by atoms with Crippen molar-refractivity contribution in [3.8, 4) is 0 Å². The number of hydrogen-bond donors (Lipinski definition) is 1. The summed E-state index contributed by atoms with van der Waals surface area (Å²) < 4.78 is 5.34. The van der Waals surface area contributed by atoms with E-state index in [2.05, 4.69) is 49.4 Å². The molecular weight excluding hydrogens is 212 g/mol. The standard InChI is InChI=1S/C14H22N2O/c1-11-4-5-14(12(2)10-11)13(3)15-16-6-8-17-9-7-16/h4-5,10,13,15H,6-9H2,1-3H3. The Hall–Kier alpha value is -0.900. The quantitative estimate of drug-likeness (QED) is 0.867. The minimum atomic E-state index is 0.355. The molecule has 0 amide bonds. The number of rotatable bonds is 3. The van der Waals surface area contributed by atoms with Gasteiger partial charge in [-0.3, -0.25) is 0 Å². The second kappa shape index (κ2) is 5.63. The molecule has 94 valence electrons. The van der Waals surface area contributed by atoms with Crippen molar-refractivity contribution in [2.75, 3.05) is 26.3 Å². The maximum Gasteiger partial charge on any atom is 0.0608 e. The third-order valence-corrected chi connectivity index (χ3v) is 3.28. The predicted octanol–water partition coefficient (Wildman–Crippen LogP) is 2.20. The van der Waals surface area contributed by atoms with Gasteiger partial charge in [-0.15, -0.1) is 0 Å². The topological polar surface area (TPSA) is 24.5 Å². The van der Waals surface area contributed by atoms with Crippen LogP contribution >= 0.6 is 0 Å². The van der Waals surface area contributed by atoms with Crippen molar-refractivity contribution in [1.82, 2.24) is 10.4 Å². The molecule has 17 heavy (non-hydrogen) atoms. The monoisotopic (exact) mass is 234 g/mol. The largest absolute Gasteiger partial charge is 0.379 e. The van der Waals surface area contributed by atoms with Crippen LogP contribution in [0.2, 0.25) is 0 Å². The SMILES string of the molecule is Cc1ccc(C(C)NN2CCOCC2)c(C)c1. The molecule has 1 heterocycles. The molecule has 0 bridgehead atoms. The molecular formula is C14H22N2O. The molecule has 1 unspecified atom stereocenters. The lowest BCUT2D eigenvalue weighted by molar-refractivity contribution is 0.00480. The summed E-state index contributed by atoms with van der Waals surface area (Å²) in [4.78, 5) is 0. The molecule has 3 heteroatoms. The molecule has 0 spiro atoms. The van der Waals surface area contributed by atoms with Crippen LogP contribution in [0.5, 0.6) is 0 Å². The summed E-state index contributed by atoms with van der Waals surface area (Å²) in [7, 11) is 0. The fourth-order valence-electron chi connectivity index (χ4n) is 2.35. The van der Waals surface area contributed by atoms with Gasteiger partial charge in [0.25, 0.3) is 0 Å². The van der Waals surface area contributed by atoms with Crippen molar-refractivity contribution in [3.63, 3.8) is 0 Å². The van der Waals surface area contributed by atoms with E-state index in [4.69, 9.17) is 4.74 Å². The van der Waals surface area contributed by atoms with E-state index in [0.717, 1.165) is 26.3 Å². The number of benzene rings is 1. The Morgan fingerprint density at radius 2 is 1.94 bits per heavy atom. The minimum Gasteiger partial charge on any atom is -0.379 e. The summed E-state index contributed by atoms with van der Waals surface area (Å²) in [6.45, 7) is 10.1. The van der Waals surface area contributed by atoms with E-state index in [9.17, 15) is 0 Å². The normalized spacial score (nSPS) is 19.2. The average Bonchev–Trinajstić information content (AvgIpc) is 2.30. The zero-order chi connectivity index (χ0) is 12.3. The first-order valence-electron chi connectivity index (χ1n) is 6.33. The maximum atomic E-state index is 5.34. The van der Waals surface area contributed by atoms with E-state index in [-0.39, 0.29) is 0 Å². The fourth-order valence-corrected chi connectivity index (χ4v) is 2.35. The molecule has 1 N–H and O–H groups in total. The van der Waals surface area contributed by atoms with E-state index >= 15 is 0 Å². The van der Waals surface area contributed by atoms with E-state index in [0.29, 0.717) is 6.04 Å². The van der Waals surface area contributed by atoms with E-state index in [1.807, 2.05) is 0 Å². The highest BCUT2D eigenvalue weighted by molar-refractivity contribution is 5.32. The van der Waals surface area contributed by atoms with Gasteiger partial charge in [-0.25, -0.2) is 10.4 Å². The summed E-state index contributed by atoms with van der Waals surface area (Å²) >= 11 is 0. The summed E-state index contributed by atoms with van der Waals surface area (Å²) in [6.07, 6.45) is 0. The number of nitrogens with one attached hydrogen (secondary N) is 1. The maximum absolute atomic E-state index is 5.34. The van der Waals surface area contributed by atoms with Crippen molar-refractivity contribution in [2.24, 2.45) is 0 Å². The number of aryl methyl sites for hydroxylation is 2. The first-order chi connectivity index (χ1) is 8.16. The van der Waals surface area contributed by atoms with Gasteiger partial charge in [0, 0.05) is 19.1 Å². The lowest BCUT2D eigenvalue weighted by Gasteiger charge is -2.31. The average molecular weight is 234 g/mol. The van der Waals surface area contributed by atoms with Crippen LogP contribution in [0.3, 0.4) is 0 Å². The Bertz CT molecular complexity index is 372. The summed E-state index contributed by atoms with van der Waals surface area (Å²) in [6, 6.07) is 7.00. The van der Waals surface area contributed by atoms with Gasteiger partial charge in [-0.05, 0) is 31.9 Å². The fraction of sp³-hybridized carbons (Fsp3) is 0.571. The Kier molecular flexibility index (Phi) is 4.15. The van der Waals surface area contributed by atoms with Crippen molar-refractivity contribution in [1.29, 1.82) is 0 Å². The Morgan fingerprint density at radius 3 is 2.59 bits per heavy atom. The lowest BCUT2D eigenvalue weighted by Crippen LogP contribution is -2.46. The van der Waals surface area contributed by atoms with Gasteiger partial charge >= 0.3 is 0 Å². The van der Waals surface area contributed by atoms with Crippen LogP contribution in [-0.2, 0) is 4.74 Å². The Balaban J connectivity index is 2.00. The van der Waals surface area contributed by atoms with Gasteiger partial charge in [0.15, 0.2) is 0 Å². The van der Waals surface area contributed by atoms with E-state index < -0.39 is 0 Å². The van der Waals surface area contributed by atoms with Crippen LogP contribution in [0.1, 0.15) is 29.7 Å². The third-order valence-electron chi connectivity index (χ3n) is 3.28. The minimum absolute atomic E-state index is 0.355. The molecule has 1 aliphatic rings. The predicted molar refractivity (Wildman–Crippen MR) is 69.9 cm³/mol. The van der Waals surface area contributed by atoms with Crippen LogP contribution in [0, 0.1) is 13.8 Å². The molecule has 0 saturated carbocycles. The molecule has 0 aromatic heterocycles. The molecule has 0 radical (unpaired) electrons. The zero-order valence-electron chi connectivity index (χ0n) is 11.0. The van der Waals surface area contributed by atoms with Crippen molar-refractivity contribution >= 4 is 0 Å². The summed E-state index contributed by atoms with van der Waals surface area (Å²) in [5, 5.41) is 2.26. The van der Waals surface area contributed by atoms with E-state index in [1.165, 1.54) is 16.7 Å². The summed E-state index contributed by atoms with van der Waals surface area (Å²) in [5.41, 5.74) is 7.61. The highest BCUT2D eigenvalue weighted by atomic mass is 16.5. The van der Waals surface area contributed by atoms with Gasteiger partial charge in [0.1, 0.15) is 0 Å². The lowest BCUT2D eigenvalue weighted by atomic mass is 10.0. The van der Waals surface area contributed by atoms with E-state index in [1.54, 1.807) is 0 Å². The summed E-state index contributed by atoms with van der Waals surface area (Å²) in [5.74, 6) is 0. The van der Waals surface area contributed by atoms with Gasteiger partial charge in [-0.2, -0.15) is 0 Å². The number of nitrogens with zero attached hydrogens (tertiary/aromatic N) is 1. The number of hydrogen-bond acceptors (Lipinski definition) is 3. The van der Waals surface area contributed by atoms with Gasteiger partial charge < -0.3 is 4.74 Å². The molecule has 0 aliphatic carbocycles. The van der Waals surface area contributed by atoms with Crippen LogP contribution in [0.25, 0.3) is 0 Å². The molecule has 3 nitrogen and oxygen atoms in total. The van der Waals surface area contributed by atoms with Gasteiger partial charge in [-0.1, -0.05) is 23.8 Å². The van der Waals surface area contributed by atoms with Gasteiger partial charge in [0.2, 0.25) is 0 Å². The molecule has 1 aliphatic heterocycles. The highest BCUT2D eigenvalue weighted by Gasteiger charge is 2.14. The van der Waals surface area contributed by atoms with Crippen LogP contribution in [-0.4, -0.2) is 31.3 Å². The molecule has 1 atom stereocenters. The Labute approximate surface area is 104 Å². The second-order valence-corrected chi connectivity index (χ2v) is 4.81. The van der Waals surface area contributed by atoms with Crippen molar-refractivity contribution < 1.29 is 4.74 Å². The second-order valence-electron chi connectivity index (χ2n) is 4.81. The smallest absolute Gasteiger partial charge is 0.0608 e. The number of morpholine rings is 1. The first-order valence-corrected chi connectivity index (χ1v) is 6.33. The third kappa shape index (κ3) is 3.28. The van der Waals surface area contributed by atoms with Crippen LogP contribution < -0.4 is 5.43 Å². The van der Waals surface area contributed by atoms with Crippen LogP contribution in [0.15, 0.2) is 18.2 Å². The molecule has 1 aromatic rings. The van der Waals surface area contributed by atoms with Gasteiger partial charge in [0.05, 0.1) is 13.2 Å². The highest BCUT2D eigenvalue weighted by Crippen LogP contribution is 2.19. The molecule has 1 saturated heterocycles. The molecule has 1 fully saturated rings. The van der Waals surface area contributed by atoms with Crippen molar-refractivity contribution in [2.45, 2.75) is 26.8 Å². The number of ether oxygens (including phenoxy) is 1. The first kappa shape index (κ1) is 12.6. The van der Waals surface area contributed by atoms with Crippen molar-refractivity contribution in [3.05, 3.63) is 34.9 Å². The molecule has 1 aromatic carbocycles.